The maximum Gasteiger partial charge on any atom is 0.278 e. The van der Waals surface area contributed by atoms with E-state index in [4.69, 9.17) is 36.0 Å². The van der Waals surface area contributed by atoms with Crippen molar-refractivity contribution in [2.75, 3.05) is 0 Å². The van der Waals surface area contributed by atoms with Gasteiger partial charge in [0.1, 0.15) is 10.3 Å². The minimum atomic E-state index is -0.211. The molecular weight excluding hydrogens is 418 g/mol. The van der Waals surface area contributed by atoms with Crippen LogP contribution in [0.2, 0.25) is 5.02 Å². The number of rotatable bonds is 2. The van der Waals surface area contributed by atoms with Crippen molar-refractivity contribution in [3.8, 4) is 11.4 Å². The Hall–Kier alpha value is -2.06. The molecule has 27 heavy (non-hydrogen) atoms. The number of nitrogens with zero attached hydrogens (tertiary/aromatic N) is 2. The molecule has 0 unspecified atom stereocenters. The molecule has 0 spiro atoms. The van der Waals surface area contributed by atoms with E-state index < -0.39 is 0 Å². The first-order valence-corrected chi connectivity index (χ1v) is 10.1. The van der Waals surface area contributed by atoms with Crippen molar-refractivity contribution in [3.63, 3.8) is 0 Å². The summed E-state index contributed by atoms with van der Waals surface area (Å²) in [5.74, 6) is 0. The van der Waals surface area contributed by atoms with Gasteiger partial charge in [-0.1, -0.05) is 47.2 Å². The molecule has 4 nitrogen and oxygen atoms in total. The SMILES string of the molecule is Cc1cccc(C)c1-n1c(=S)sc2c(=O)n(-c3cccc(Cl)c3)c(=S)[nH]c21. The van der Waals surface area contributed by atoms with Crippen LogP contribution in [0.15, 0.2) is 47.3 Å². The Morgan fingerprint density at radius 1 is 1.04 bits per heavy atom. The van der Waals surface area contributed by atoms with Crippen molar-refractivity contribution in [3.05, 3.63) is 77.7 Å². The number of benzene rings is 2. The Bertz CT molecular complexity index is 1360. The molecule has 0 saturated heterocycles. The number of fused-ring (bicyclic) bond motifs is 1. The van der Waals surface area contributed by atoms with Crippen molar-refractivity contribution in [1.82, 2.24) is 14.1 Å². The highest BCUT2D eigenvalue weighted by Gasteiger charge is 2.17. The summed E-state index contributed by atoms with van der Waals surface area (Å²) in [7, 11) is 0. The minimum Gasteiger partial charge on any atom is -0.316 e. The van der Waals surface area contributed by atoms with Gasteiger partial charge >= 0.3 is 0 Å². The normalized spacial score (nSPS) is 11.2. The van der Waals surface area contributed by atoms with Gasteiger partial charge in [0.25, 0.3) is 5.56 Å². The Balaban J connectivity index is 2.11. The second-order valence-electron chi connectivity index (χ2n) is 6.17. The summed E-state index contributed by atoms with van der Waals surface area (Å²) >= 11 is 18.5. The Kier molecular flexibility index (Phi) is 4.63. The first-order valence-electron chi connectivity index (χ1n) is 8.12. The predicted molar refractivity (Wildman–Crippen MR) is 117 cm³/mol. The van der Waals surface area contributed by atoms with Crippen LogP contribution in [0.1, 0.15) is 11.1 Å². The number of nitrogens with one attached hydrogen (secondary N) is 1. The van der Waals surface area contributed by atoms with Gasteiger partial charge < -0.3 is 4.98 Å². The lowest BCUT2D eigenvalue weighted by molar-refractivity contribution is 0.925. The van der Waals surface area contributed by atoms with Crippen molar-refractivity contribution in [2.45, 2.75) is 13.8 Å². The highest BCUT2D eigenvalue weighted by atomic mass is 35.5. The maximum absolute atomic E-state index is 13.2. The number of aromatic amines is 1. The van der Waals surface area contributed by atoms with E-state index in [1.807, 2.05) is 36.6 Å². The Labute approximate surface area is 174 Å². The van der Waals surface area contributed by atoms with Gasteiger partial charge in [0.15, 0.2) is 8.73 Å². The molecule has 0 bridgehead atoms. The number of aromatic nitrogens is 3. The summed E-state index contributed by atoms with van der Waals surface area (Å²) in [5, 5.41) is 0.537. The van der Waals surface area contributed by atoms with E-state index in [0.29, 0.717) is 29.8 Å². The average molecular weight is 432 g/mol. The van der Waals surface area contributed by atoms with E-state index in [0.717, 1.165) is 16.8 Å². The molecule has 8 heteroatoms. The Morgan fingerprint density at radius 2 is 1.70 bits per heavy atom. The summed E-state index contributed by atoms with van der Waals surface area (Å²) in [6.07, 6.45) is 0. The fraction of sp³-hybridized carbons (Fsp3) is 0.105. The van der Waals surface area contributed by atoms with E-state index in [-0.39, 0.29) is 5.56 Å². The molecule has 1 N–H and O–H groups in total. The standard InChI is InChI=1S/C19H14ClN3OS3/c1-10-5-3-6-11(2)14(10)23-16-15(27-19(23)26)17(24)22(18(25)21-16)13-8-4-7-12(20)9-13/h3-9H,1-2H3,(H,21,25). The van der Waals surface area contributed by atoms with E-state index >= 15 is 0 Å². The monoisotopic (exact) mass is 431 g/mol. The van der Waals surface area contributed by atoms with E-state index in [9.17, 15) is 4.79 Å². The number of para-hydroxylation sites is 1. The van der Waals surface area contributed by atoms with Crippen LogP contribution in [-0.2, 0) is 0 Å². The van der Waals surface area contributed by atoms with Gasteiger partial charge in [-0.3, -0.25) is 13.9 Å². The number of thiazole rings is 1. The molecule has 136 valence electrons. The van der Waals surface area contributed by atoms with Gasteiger partial charge in [-0.05, 0) is 67.6 Å². The predicted octanol–water partition coefficient (Wildman–Crippen LogP) is 5.90. The summed E-state index contributed by atoms with van der Waals surface area (Å²) in [6, 6.07) is 13.1. The molecule has 0 aliphatic rings. The molecular formula is C19H14ClN3OS3. The molecule has 0 aliphatic carbocycles. The van der Waals surface area contributed by atoms with Crippen molar-refractivity contribution in [2.24, 2.45) is 0 Å². The number of hydrogen-bond donors (Lipinski definition) is 1. The number of halogens is 1. The zero-order chi connectivity index (χ0) is 19.3. The third kappa shape index (κ3) is 3.00. The molecule has 4 aromatic rings. The van der Waals surface area contributed by atoms with E-state index in [2.05, 4.69) is 4.98 Å². The van der Waals surface area contributed by atoms with Crippen LogP contribution >= 0.6 is 47.4 Å². The zero-order valence-electron chi connectivity index (χ0n) is 14.4. The first kappa shape index (κ1) is 18.3. The molecule has 0 atom stereocenters. The molecule has 2 heterocycles. The maximum atomic E-state index is 13.2. The van der Waals surface area contributed by atoms with Crippen molar-refractivity contribution >= 4 is 57.7 Å². The first-order chi connectivity index (χ1) is 12.9. The lowest BCUT2D eigenvalue weighted by Gasteiger charge is -2.12. The third-order valence-electron chi connectivity index (χ3n) is 4.37. The van der Waals surface area contributed by atoms with Crippen LogP contribution in [-0.4, -0.2) is 14.1 Å². The largest absolute Gasteiger partial charge is 0.316 e. The third-order valence-corrected chi connectivity index (χ3v) is 6.25. The highest BCUT2D eigenvalue weighted by molar-refractivity contribution is 7.73. The van der Waals surface area contributed by atoms with Gasteiger partial charge in [0, 0.05) is 5.02 Å². The smallest absolute Gasteiger partial charge is 0.278 e. The van der Waals surface area contributed by atoms with Gasteiger partial charge in [-0.25, -0.2) is 0 Å². The van der Waals surface area contributed by atoms with Crippen LogP contribution in [0, 0.1) is 22.6 Å². The van der Waals surface area contributed by atoms with Crippen LogP contribution in [0.3, 0.4) is 0 Å². The molecule has 0 aliphatic heterocycles. The number of H-pyrrole nitrogens is 1. The van der Waals surface area contributed by atoms with Crippen LogP contribution in [0.5, 0.6) is 0 Å². The van der Waals surface area contributed by atoms with E-state index in [1.165, 1.54) is 15.9 Å². The summed E-state index contributed by atoms with van der Waals surface area (Å²) in [6.45, 7) is 4.05. The zero-order valence-corrected chi connectivity index (χ0v) is 17.7. The molecule has 0 fully saturated rings. The molecule has 2 aromatic carbocycles. The van der Waals surface area contributed by atoms with E-state index in [1.54, 1.807) is 24.3 Å². The fourth-order valence-electron chi connectivity index (χ4n) is 3.19. The van der Waals surface area contributed by atoms with Gasteiger partial charge in [0.2, 0.25) is 0 Å². The number of aryl methyl sites for hydroxylation is 2. The fourth-order valence-corrected chi connectivity index (χ4v) is 4.96. The van der Waals surface area contributed by atoms with Crippen molar-refractivity contribution < 1.29 is 0 Å². The molecule has 0 amide bonds. The average Bonchev–Trinajstić information content (AvgIpc) is 2.92. The van der Waals surface area contributed by atoms with Gasteiger partial charge in [0.05, 0.1) is 11.4 Å². The van der Waals surface area contributed by atoms with Crippen LogP contribution in [0.25, 0.3) is 21.7 Å². The molecule has 0 radical (unpaired) electrons. The van der Waals surface area contributed by atoms with Crippen molar-refractivity contribution in [1.29, 1.82) is 0 Å². The second kappa shape index (κ2) is 6.83. The molecule has 0 saturated carbocycles. The summed E-state index contributed by atoms with van der Waals surface area (Å²) in [5.41, 5.74) is 4.15. The van der Waals surface area contributed by atoms with Gasteiger partial charge in [-0.15, -0.1) is 0 Å². The minimum absolute atomic E-state index is 0.211. The summed E-state index contributed by atoms with van der Waals surface area (Å²) in [4.78, 5) is 16.4. The quantitative estimate of drug-likeness (QED) is 0.402. The lowest BCUT2D eigenvalue weighted by atomic mass is 10.1. The van der Waals surface area contributed by atoms with Gasteiger partial charge in [-0.2, -0.15) is 0 Å². The second-order valence-corrected chi connectivity index (χ2v) is 8.64. The molecule has 4 rings (SSSR count). The topological polar surface area (TPSA) is 42.7 Å². The Morgan fingerprint density at radius 3 is 2.37 bits per heavy atom. The van der Waals surface area contributed by atoms with Crippen LogP contribution in [0.4, 0.5) is 0 Å². The lowest BCUT2D eigenvalue weighted by Crippen LogP contribution is -2.20. The summed E-state index contributed by atoms with van der Waals surface area (Å²) < 4.78 is 4.76. The highest BCUT2D eigenvalue weighted by Crippen LogP contribution is 2.27. The number of hydrogen-bond acceptors (Lipinski definition) is 4. The van der Waals surface area contributed by atoms with Crippen LogP contribution < -0.4 is 5.56 Å². The molecule has 2 aromatic heterocycles.